The second-order valence-electron chi connectivity index (χ2n) is 5.25. The number of benzene rings is 1. The molecule has 1 aliphatic heterocycles. The first-order chi connectivity index (χ1) is 11.9. The highest BCUT2D eigenvalue weighted by atomic mass is 19.4. The third kappa shape index (κ3) is 3.90. The predicted octanol–water partition coefficient (Wildman–Crippen LogP) is 3.01. The number of urea groups is 1. The largest absolute Gasteiger partial charge is 0.497 e. The number of fused-ring (bicyclic) bond motifs is 1. The SMILES string of the molecule is COc1ccc(N2Cc3cnc(NCC(F)(F)F)nc3NC2=O)cc1. The van der Waals surface area contributed by atoms with Crippen molar-refractivity contribution in [1.29, 1.82) is 0 Å². The van der Waals surface area contributed by atoms with E-state index in [4.69, 9.17) is 4.74 Å². The molecule has 3 rings (SSSR count). The third-order valence-electron chi connectivity index (χ3n) is 3.49. The van der Waals surface area contributed by atoms with Gasteiger partial charge in [0.2, 0.25) is 5.95 Å². The second kappa shape index (κ2) is 6.46. The summed E-state index contributed by atoms with van der Waals surface area (Å²) in [5.74, 6) is 0.647. The summed E-state index contributed by atoms with van der Waals surface area (Å²) in [6.07, 6.45) is -3.00. The van der Waals surface area contributed by atoms with Gasteiger partial charge in [-0.15, -0.1) is 0 Å². The van der Waals surface area contributed by atoms with Gasteiger partial charge in [0.1, 0.15) is 18.1 Å². The molecule has 0 saturated carbocycles. The summed E-state index contributed by atoms with van der Waals surface area (Å²) in [4.78, 5) is 21.5. The minimum absolute atomic E-state index is 0.189. The van der Waals surface area contributed by atoms with Crippen molar-refractivity contribution in [3.05, 3.63) is 36.0 Å². The quantitative estimate of drug-likeness (QED) is 0.883. The van der Waals surface area contributed by atoms with Crippen LogP contribution in [0.4, 0.5) is 35.4 Å². The molecule has 0 radical (unpaired) electrons. The average Bonchev–Trinajstić information content (AvgIpc) is 2.58. The Morgan fingerprint density at radius 3 is 2.68 bits per heavy atom. The lowest BCUT2D eigenvalue weighted by Crippen LogP contribution is -2.39. The Labute approximate surface area is 140 Å². The topological polar surface area (TPSA) is 79.4 Å². The average molecular weight is 353 g/mol. The van der Waals surface area contributed by atoms with E-state index in [1.165, 1.54) is 11.1 Å². The molecule has 132 valence electrons. The van der Waals surface area contributed by atoms with Gasteiger partial charge in [0.05, 0.1) is 13.7 Å². The molecular weight excluding hydrogens is 339 g/mol. The van der Waals surface area contributed by atoms with Crippen LogP contribution in [-0.2, 0) is 6.54 Å². The summed E-state index contributed by atoms with van der Waals surface area (Å²) >= 11 is 0. The number of rotatable bonds is 4. The fourth-order valence-electron chi connectivity index (χ4n) is 2.28. The number of nitrogens with zero attached hydrogens (tertiary/aromatic N) is 3. The van der Waals surface area contributed by atoms with Crippen LogP contribution < -0.4 is 20.3 Å². The fraction of sp³-hybridized carbons (Fsp3) is 0.267. The van der Waals surface area contributed by atoms with Crippen LogP contribution in [0, 0.1) is 0 Å². The van der Waals surface area contributed by atoms with E-state index in [0.717, 1.165) is 0 Å². The smallest absolute Gasteiger partial charge is 0.405 e. The number of amides is 2. The minimum atomic E-state index is -4.38. The zero-order valence-corrected chi connectivity index (χ0v) is 13.1. The van der Waals surface area contributed by atoms with Crippen molar-refractivity contribution >= 4 is 23.5 Å². The molecule has 1 aromatic carbocycles. The van der Waals surface area contributed by atoms with E-state index in [1.54, 1.807) is 31.4 Å². The molecule has 7 nitrogen and oxygen atoms in total. The number of halogens is 3. The van der Waals surface area contributed by atoms with Crippen LogP contribution in [0.3, 0.4) is 0 Å². The lowest BCUT2D eigenvalue weighted by Gasteiger charge is -2.28. The van der Waals surface area contributed by atoms with Gasteiger partial charge in [-0.25, -0.2) is 9.78 Å². The van der Waals surface area contributed by atoms with E-state index in [2.05, 4.69) is 20.6 Å². The molecule has 2 N–H and O–H groups in total. The van der Waals surface area contributed by atoms with Gasteiger partial charge in [0, 0.05) is 17.4 Å². The number of anilines is 3. The molecule has 0 aliphatic carbocycles. The Kier molecular flexibility index (Phi) is 4.34. The molecule has 0 unspecified atom stereocenters. The van der Waals surface area contributed by atoms with Crippen LogP contribution in [0.2, 0.25) is 0 Å². The molecule has 0 atom stereocenters. The number of ether oxygens (including phenoxy) is 1. The number of carbonyl (C=O) groups excluding carboxylic acids is 1. The molecular formula is C15H14F3N5O2. The van der Waals surface area contributed by atoms with Crippen molar-refractivity contribution in [2.24, 2.45) is 0 Å². The number of alkyl halides is 3. The number of carbonyl (C=O) groups is 1. The van der Waals surface area contributed by atoms with Crippen molar-refractivity contribution in [3.8, 4) is 5.75 Å². The maximum atomic E-state index is 12.3. The first-order valence-corrected chi connectivity index (χ1v) is 7.25. The summed E-state index contributed by atoms with van der Waals surface area (Å²) < 4.78 is 41.8. The highest BCUT2D eigenvalue weighted by molar-refractivity contribution is 6.03. The van der Waals surface area contributed by atoms with Crippen LogP contribution in [0.15, 0.2) is 30.5 Å². The van der Waals surface area contributed by atoms with Gasteiger partial charge >= 0.3 is 12.2 Å². The molecule has 25 heavy (non-hydrogen) atoms. The van der Waals surface area contributed by atoms with Gasteiger partial charge < -0.3 is 10.1 Å². The maximum absolute atomic E-state index is 12.3. The highest BCUT2D eigenvalue weighted by Gasteiger charge is 2.28. The highest BCUT2D eigenvalue weighted by Crippen LogP contribution is 2.28. The van der Waals surface area contributed by atoms with Crippen LogP contribution >= 0.6 is 0 Å². The van der Waals surface area contributed by atoms with E-state index < -0.39 is 18.8 Å². The van der Waals surface area contributed by atoms with Crippen LogP contribution in [0.1, 0.15) is 5.56 Å². The maximum Gasteiger partial charge on any atom is 0.405 e. The molecule has 0 fully saturated rings. The zero-order chi connectivity index (χ0) is 18.0. The van der Waals surface area contributed by atoms with Crippen molar-refractivity contribution in [2.45, 2.75) is 12.7 Å². The Morgan fingerprint density at radius 1 is 1.32 bits per heavy atom. The van der Waals surface area contributed by atoms with Gasteiger partial charge in [-0.2, -0.15) is 18.2 Å². The summed E-state index contributed by atoms with van der Waals surface area (Å²) in [6.45, 7) is -1.05. The Bertz CT molecular complexity index is 780. The third-order valence-corrected chi connectivity index (χ3v) is 3.49. The molecule has 0 saturated heterocycles. The second-order valence-corrected chi connectivity index (χ2v) is 5.25. The molecule has 0 bridgehead atoms. The molecule has 2 amide bonds. The normalized spacial score (nSPS) is 13.9. The van der Waals surface area contributed by atoms with Crippen LogP contribution in [0.25, 0.3) is 0 Å². The number of hydrogen-bond donors (Lipinski definition) is 2. The first kappa shape index (κ1) is 16.8. The van der Waals surface area contributed by atoms with E-state index in [1.807, 2.05) is 0 Å². The van der Waals surface area contributed by atoms with Crippen molar-refractivity contribution in [3.63, 3.8) is 0 Å². The van der Waals surface area contributed by atoms with Gasteiger partial charge in [-0.1, -0.05) is 0 Å². The summed E-state index contributed by atoms with van der Waals surface area (Å²) in [6, 6.07) is 6.46. The van der Waals surface area contributed by atoms with Crippen molar-refractivity contribution in [1.82, 2.24) is 9.97 Å². The lowest BCUT2D eigenvalue weighted by molar-refractivity contribution is -0.115. The molecule has 2 heterocycles. The fourth-order valence-corrected chi connectivity index (χ4v) is 2.28. The van der Waals surface area contributed by atoms with Gasteiger partial charge in [-0.3, -0.25) is 10.2 Å². The number of methoxy groups -OCH3 is 1. The standard InChI is InChI=1S/C15H14F3N5O2/c1-25-11-4-2-10(3-5-11)23-7-9-6-19-13(20-8-15(16,17)18)21-12(9)22-14(23)24/h2-6H,7-8H2,1H3,(H2,19,20,21,22,24). The summed E-state index contributed by atoms with van der Waals surface area (Å²) in [7, 11) is 1.54. The monoisotopic (exact) mass is 353 g/mol. The molecule has 10 heteroatoms. The predicted molar refractivity (Wildman–Crippen MR) is 84.8 cm³/mol. The Morgan fingerprint density at radius 2 is 2.04 bits per heavy atom. The summed E-state index contributed by atoms with van der Waals surface area (Å²) in [5.41, 5.74) is 1.23. The van der Waals surface area contributed by atoms with Crippen molar-refractivity contribution in [2.75, 3.05) is 29.2 Å². The van der Waals surface area contributed by atoms with E-state index >= 15 is 0 Å². The zero-order valence-electron chi connectivity index (χ0n) is 13.1. The van der Waals surface area contributed by atoms with Crippen LogP contribution in [0.5, 0.6) is 5.75 Å². The minimum Gasteiger partial charge on any atom is -0.497 e. The van der Waals surface area contributed by atoms with Crippen molar-refractivity contribution < 1.29 is 22.7 Å². The number of aromatic nitrogens is 2. The summed E-state index contributed by atoms with van der Waals surface area (Å²) in [5, 5.41) is 4.64. The van der Waals surface area contributed by atoms with E-state index in [9.17, 15) is 18.0 Å². The number of hydrogen-bond acceptors (Lipinski definition) is 5. The van der Waals surface area contributed by atoms with Gasteiger partial charge in [0.15, 0.2) is 0 Å². The molecule has 0 spiro atoms. The first-order valence-electron chi connectivity index (χ1n) is 7.25. The molecule has 1 aliphatic rings. The van der Waals surface area contributed by atoms with Gasteiger partial charge in [-0.05, 0) is 24.3 Å². The Balaban J connectivity index is 1.77. The number of nitrogens with one attached hydrogen (secondary N) is 2. The molecule has 1 aromatic heterocycles. The van der Waals surface area contributed by atoms with Crippen LogP contribution in [-0.4, -0.2) is 35.8 Å². The molecule has 2 aromatic rings. The Hall–Kier alpha value is -3.04. The van der Waals surface area contributed by atoms with E-state index in [-0.39, 0.29) is 18.3 Å². The lowest BCUT2D eigenvalue weighted by atomic mass is 10.2. The van der Waals surface area contributed by atoms with E-state index in [0.29, 0.717) is 17.0 Å². The van der Waals surface area contributed by atoms with Gasteiger partial charge in [0.25, 0.3) is 0 Å².